The van der Waals surface area contributed by atoms with E-state index < -0.39 is 0 Å². The van der Waals surface area contributed by atoms with Crippen LogP contribution in [0.4, 0.5) is 11.4 Å². The summed E-state index contributed by atoms with van der Waals surface area (Å²) in [5, 5.41) is 8.40. The van der Waals surface area contributed by atoms with Gasteiger partial charge in [-0.05, 0) is 12.1 Å². The summed E-state index contributed by atoms with van der Waals surface area (Å²) in [4.78, 5) is 0. The van der Waals surface area contributed by atoms with E-state index in [1.54, 1.807) is 6.07 Å². The first kappa shape index (κ1) is 6.84. The Labute approximate surface area is 69.2 Å². The van der Waals surface area contributed by atoms with Gasteiger partial charge in [-0.1, -0.05) is 6.07 Å². The van der Waals surface area contributed by atoms with Gasteiger partial charge in [0.1, 0.15) is 0 Å². The average molecular weight is 160 g/mol. The Morgan fingerprint density at radius 3 is 2.67 bits per heavy atom. The van der Waals surface area contributed by atoms with Crippen LogP contribution in [0.2, 0.25) is 0 Å². The lowest BCUT2D eigenvalue weighted by Gasteiger charge is -2.01. The number of anilines is 2. The van der Waals surface area contributed by atoms with E-state index in [1.165, 1.54) is 6.20 Å². The van der Waals surface area contributed by atoms with Crippen LogP contribution in [-0.2, 0) is 0 Å². The maximum absolute atomic E-state index is 5.71. The maximum atomic E-state index is 5.71. The lowest BCUT2D eigenvalue weighted by Crippen LogP contribution is -1.95. The first-order chi connectivity index (χ1) is 5.79. The van der Waals surface area contributed by atoms with Crippen LogP contribution in [0.5, 0.6) is 0 Å². The van der Waals surface area contributed by atoms with Crippen LogP contribution in [0.1, 0.15) is 0 Å². The van der Waals surface area contributed by atoms with Crippen molar-refractivity contribution in [1.82, 2.24) is 10.2 Å². The van der Waals surface area contributed by atoms with E-state index in [0.717, 1.165) is 10.9 Å². The molecule has 2 rings (SSSR count). The van der Waals surface area contributed by atoms with Gasteiger partial charge in [-0.15, -0.1) is 0 Å². The fourth-order valence-corrected chi connectivity index (χ4v) is 1.17. The molecule has 0 spiro atoms. The minimum atomic E-state index is 0.568. The second-order valence-electron chi connectivity index (χ2n) is 2.54. The van der Waals surface area contributed by atoms with Gasteiger partial charge in [0.25, 0.3) is 0 Å². The molecule has 0 bridgehead atoms. The lowest BCUT2D eigenvalue weighted by molar-refractivity contribution is 1.08. The van der Waals surface area contributed by atoms with Gasteiger partial charge in [0.05, 0.1) is 17.4 Å². The Morgan fingerprint density at radius 1 is 1.08 bits per heavy atom. The van der Waals surface area contributed by atoms with Crippen molar-refractivity contribution in [3.63, 3.8) is 0 Å². The van der Waals surface area contributed by atoms with Crippen LogP contribution in [0.25, 0.3) is 10.9 Å². The number of nitrogens with two attached hydrogens (primary N) is 2. The lowest BCUT2D eigenvalue weighted by atomic mass is 10.2. The topological polar surface area (TPSA) is 77.8 Å². The molecule has 0 aliphatic heterocycles. The second kappa shape index (κ2) is 2.34. The quantitative estimate of drug-likeness (QED) is 0.558. The van der Waals surface area contributed by atoms with Gasteiger partial charge in [-0.2, -0.15) is 10.2 Å². The van der Waals surface area contributed by atoms with Crippen molar-refractivity contribution in [2.45, 2.75) is 0 Å². The summed E-state index contributed by atoms with van der Waals surface area (Å²) in [5.74, 6) is 0. The van der Waals surface area contributed by atoms with Crippen LogP contribution < -0.4 is 11.5 Å². The molecular formula is C8H8N4. The van der Waals surface area contributed by atoms with Gasteiger partial charge >= 0.3 is 0 Å². The molecule has 0 amide bonds. The molecule has 0 fully saturated rings. The first-order valence-corrected chi connectivity index (χ1v) is 3.54. The fourth-order valence-electron chi connectivity index (χ4n) is 1.17. The van der Waals surface area contributed by atoms with Gasteiger partial charge in [-0.25, -0.2) is 0 Å². The molecule has 0 atom stereocenters. The average Bonchev–Trinajstić information content (AvgIpc) is 2.04. The number of benzene rings is 1. The van der Waals surface area contributed by atoms with E-state index >= 15 is 0 Å². The fraction of sp³-hybridized carbons (Fsp3) is 0. The molecule has 0 aliphatic rings. The van der Waals surface area contributed by atoms with Crippen molar-refractivity contribution in [2.75, 3.05) is 11.5 Å². The highest BCUT2D eigenvalue weighted by molar-refractivity contribution is 5.98. The summed E-state index contributed by atoms with van der Waals surface area (Å²) in [7, 11) is 0. The Balaban J connectivity index is 2.96. The number of rotatable bonds is 0. The molecule has 4 heteroatoms. The third-order valence-corrected chi connectivity index (χ3v) is 1.73. The SMILES string of the molecule is Nc1cccc2nncc(N)c12. The zero-order valence-corrected chi connectivity index (χ0v) is 6.36. The van der Waals surface area contributed by atoms with Crippen molar-refractivity contribution in [3.05, 3.63) is 24.4 Å². The molecule has 1 heterocycles. The van der Waals surface area contributed by atoms with E-state index in [2.05, 4.69) is 10.2 Å². The smallest absolute Gasteiger partial charge is 0.0971 e. The number of nitrogen functional groups attached to an aromatic ring is 2. The molecular weight excluding hydrogens is 152 g/mol. The van der Waals surface area contributed by atoms with Crippen molar-refractivity contribution in [2.24, 2.45) is 0 Å². The maximum Gasteiger partial charge on any atom is 0.0971 e. The normalized spacial score (nSPS) is 10.3. The van der Waals surface area contributed by atoms with E-state index in [0.29, 0.717) is 11.4 Å². The van der Waals surface area contributed by atoms with Gasteiger partial charge < -0.3 is 11.5 Å². The molecule has 0 saturated carbocycles. The minimum Gasteiger partial charge on any atom is -0.398 e. The van der Waals surface area contributed by atoms with E-state index in [9.17, 15) is 0 Å². The molecule has 1 aromatic heterocycles. The van der Waals surface area contributed by atoms with E-state index in [-0.39, 0.29) is 0 Å². The number of hydrogen-bond acceptors (Lipinski definition) is 4. The molecule has 0 aliphatic carbocycles. The molecule has 2 aromatic rings. The third-order valence-electron chi connectivity index (χ3n) is 1.73. The second-order valence-corrected chi connectivity index (χ2v) is 2.54. The number of fused-ring (bicyclic) bond motifs is 1. The number of nitrogens with zero attached hydrogens (tertiary/aromatic N) is 2. The molecule has 0 unspecified atom stereocenters. The molecule has 1 aromatic carbocycles. The molecule has 0 saturated heterocycles. The van der Waals surface area contributed by atoms with Crippen molar-refractivity contribution < 1.29 is 0 Å². The van der Waals surface area contributed by atoms with Crippen LogP contribution in [-0.4, -0.2) is 10.2 Å². The minimum absolute atomic E-state index is 0.568. The summed E-state index contributed by atoms with van der Waals surface area (Å²) >= 11 is 0. The van der Waals surface area contributed by atoms with Crippen LogP contribution in [0.15, 0.2) is 24.4 Å². The summed E-state index contributed by atoms with van der Waals surface area (Å²) in [6.45, 7) is 0. The highest BCUT2D eigenvalue weighted by Crippen LogP contribution is 2.23. The monoisotopic (exact) mass is 160 g/mol. The largest absolute Gasteiger partial charge is 0.398 e. The van der Waals surface area contributed by atoms with Crippen LogP contribution >= 0.6 is 0 Å². The predicted octanol–water partition coefficient (Wildman–Crippen LogP) is 0.794. The summed E-state index contributed by atoms with van der Waals surface area (Å²) in [6, 6.07) is 5.45. The molecule has 4 nitrogen and oxygen atoms in total. The van der Waals surface area contributed by atoms with Gasteiger partial charge in [-0.3, -0.25) is 0 Å². The van der Waals surface area contributed by atoms with Crippen molar-refractivity contribution in [3.8, 4) is 0 Å². The van der Waals surface area contributed by atoms with Crippen molar-refractivity contribution in [1.29, 1.82) is 0 Å². The standard InChI is InChI=1S/C8H8N4/c9-5-2-1-3-7-8(5)6(10)4-11-12-7/h1-4H,9H2,(H2,10,12). The molecule has 4 N–H and O–H groups in total. The number of hydrogen-bond donors (Lipinski definition) is 2. The van der Waals surface area contributed by atoms with Gasteiger partial charge in [0.15, 0.2) is 0 Å². The Kier molecular flexibility index (Phi) is 1.33. The third kappa shape index (κ3) is 0.852. The molecule has 60 valence electrons. The highest BCUT2D eigenvalue weighted by Gasteiger charge is 2.01. The number of aromatic nitrogens is 2. The zero-order valence-electron chi connectivity index (χ0n) is 6.36. The summed E-state index contributed by atoms with van der Waals surface area (Å²) in [6.07, 6.45) is 1.50. The summed E-state index contributed by atoms with van der Waals surface area (Å²) in [5.41, 5.74) is 13.3. The van der Waals surface area contributed by atoms with Crippen LogP contribution in [0.3, 0.4) is 0 Å². The predicted molar refractivity (Wildman–Crippen MR) is 48.4 cm³/mol. The Bertz CT molecular complexity index is 388. The van der Waals surface area contributed by atoms with E-state index in [1.807, 2.05) is 12.1 Å². The Morgan fingerprint density at radius 2 is 1.92 bits per heavy atom. The van der Waals surface area contributed by atoms with E-state index in [4.69, 9.17) is 11.5 Å². The van der Waals surface area contributed by atoms with Crippen molar-refractivity contribution >= 4 is 22.3 Å². The van der Waals surface area contributed by atoms with Gasteiger partial charge in [0, 0.05) is 11.1 Å². The molecule has 12 heavy (non-hydrogen) atoms. The Hall–Kier alpha value is -1.84. The van der Waals surface area contributed by atoms with Gasteiger partial charge in [0.2, 0.25) is 0 Å². The van der Waals surface area contributed by atoms with Crippen LogP contribution in [0, 0.1) is 0 Å². The highest BCUT2D eigenvalue weighted by atomic mass is 15.1. The zero-order chi connectivity index (χ0) is 8.55. The molecule has 0 radical (unpaired) electrons. The first-order valence-electron chi connectivity index (χ1n) is 3.54. The summed E-state index contributed by atoms with van der Waals surface area (Å²) < 4.78 is 0.